The molecule has 80 heavy (non-hydrogen) atoms. The Kier molecular flexibility index (Phi) is 10.7. The van der Waals surface area contributed by atoms with Gasteiger partial charge in [-0.25, -0.2) is 9.97 Å². The molecule has 6 heteroatoms. The Labute approximate surface area is 484 Å². The molecule has 8 bridgehead atoms. The molecule has 0 amide bonds. The maximum atomic E-state index is 6.43. The van der Waals surface area contributed by atoms with E-state index in [0.717, 1.165) is 58.9 Å². The Morgan fingerprint density at radius 2 is 1.02 bits per heavy atom. The molecule has 0 atom stereocenters. The summed E-state index contributed by atoms with van der Waals surface area (Å²) in [5.41, 5.74) is 18.5. The number of thiophene rings is 1. The van der Waals surface area contributed by atoms with E-state index in [0.29, 0.717) is 0 Å². The lowest BCUT2D eigenvalue weighted by Gasteiger charge is -2.72. The fraction of sp³-hybridized carbons (Fsp3) is 0.514. The van der Waals surface area contributed by atoms with Crippen molar-refractivity contribution in [3.63, 3.8) is 0 Å². The third kappa shape index (κ3) is 7.43. The molecule has 2 aliphatic heterocycles. The third-order valence-electron chi connectivity index (χ3n) is 22.8. The predicted molar refractivity (Wildman–Crippen MR) is 341 cm³/mol. The van der Waals surface area contributed by atoms with Crippen LogP contribution in [0.25, 0.3) is 21.2 Å². The van der Waals surface area contributed by atoms with Crippen LogP contribution in [0.1, 0.15) is 201 Å². The van der Waals surface area contributed by atoms with E-state index in [1.807, 2.05) is 11.3 Å². The van der Waals surface area contributed by atoms with Crippen molar-refractivity contribution in [3.05, 3.63) is 136 Å². The highest BCUT2D eigenvalue weighted by Crippen LogP contribution is 2.74. The van der Waals surface area contributed by atoms with Crippen molar-refractivity contribution in [2.45, 2.75) is 200 Å². The number of hydrogen-bond acceptors (Lipinski definition) is 5. The van der Waals surface area contributed by atoms with Crippen molar-refractivity contribution in [2.75, 3.05) is 9.80 Å². The molecule has 2 aromatic heterocycles. The summed E-state index contributed by atoms with van der Waals surface area (Å²) in [6, 6.07) is 39.6. The average molecular weight is 1080 g/mol. The number of fused-ring (bicyclic) bond motifs is 7. The summed E-state index contributed by atoms with van der Waals surface area (Å²) in [6.07, 6.45) is 10.5. The molecular weight excluding hydrogens is 988 g/mol. The zero-order chi connectivity index (χ0) is 55.9. The second-order valence-corrected chi connectivity index (χ2v) is 33.9. The largest absolute Gasteiger partial charge is 0.295 e. The molecule has 5 aromatic carbocycles. The molecular formula is C74H87BN4S. The van der Waals surface area contributed by atoms with Crippen LogP contribution in [0.4, 0.5) is 34.4 Å². The minimum Gasteiger partial charge on any atom is -0.295 e. The van der Waals surface area contributed by atoms with Gasteiger partial charge in [0, 0.05) is 42.7 Å². The highest BCUT2D eigenvalue weighted by atomic mass is 32.1. The van der Waals surface area contributed by atoms with Gasteiger partial charge >= 0.3 is 0 Å². The Morgan fingerprint density at radius 3 is 1.61 bits per heavy atom. The summed E-state index contributed by atoms with van der Waals surface area (Å²) in [5, 5.41) is 1.33. The molecule has 0 N–H and O–H groups in total. The summed E-state index contributed by atoms with van der Waals surface area (Å²) >= 11 is 2.03. The monoisotopic (exact) mass is 1070 g/mol. The van der Waals surface area contributed by atoms with Gasteiger partial charge in [-0.15, -0.1) is 11.3 Å². The van der Waals surface area contributed by atoms with Crippen molar-refractivity contribution in [3.8, 4) is 11.1 Å². The maximum Gasteiger partial charge on any atom is 0.268 e. The van der Waals surface area contributed by atoms with Crippen LogP contribution < -0.4 is 25.5 Å². The highest BCUT2D eigenvalue weighted by Gasteiger charge is 2.68. The minimum atomic E-state index is -0.0664. The first-order chi connectivity index (χ1) is 37.6. The first-order valence-electron chi connectivity index (χ1n) is 31.2. The van der Waals surface area contributed by atoms with Crippen molar-refractivity contribution in [1.29, 1.82) is 0 Å². The summed E-state index contributed by atoms with van der Waals surface area (Å²) in [5.74, 6) is 9.39. The van der Waals surface area contributed by atoms with Crippen molar-refractivity contribution in [1.82, 2.24) is 9.97 Å². The second-order valence-electron chi connectivity index (χ2n) is 32.8. The molecule has 0 radical (unpaired) electrons. The molecule has 17 rings (SSSR count). The van der Waals surface area contributed by atoms with Gasteiger partial charge in [0.25, 0.3) is 6.71 Å². The Morgan fingerprint density at radius 1 is 0.512 bits per heavy atom. The minimum absolute atomic E-state index is 0.00929. The number of nitrogens with zero attached hydrogens (tertiary/aromatic N) is 4. The van der Waals surface area contributed by atoms with Gasteiger partial charge in [0.15, 0.2) is 0 Å². The van der Waals surface area contributed by atoms with E-state index >= 15 is 0 Å². The summed E-state index contributed by atoms with van der Waals surface area (Å²) in [7, 11) is 0. The second kappa shape index (κ2) is 16.5. The standard InChI is InChI=1S/C74H87BN4S/c1-68(2,3)43-19-17-42(18-20-43)49-34-44(69(4,5)6)22-27-59(49)79-60-28-23-45(70(7,8)9)35-58(60)75-62-65(76-67(77-66(62)79)74-38-53-50-31-41-32-51(53)55(40-74)52(33-41)54(50)39-74)78(47-24-26-56-57(37-47)73(15,16)30-29-72(56,13)14)63-48-25-21-46(71(10,11)12)36-61(48)80-64(63)75/h17-28,34-37,41,50-55H,29-33,38-40H2,1-16H3. The first kappa shape index (κ1) is 51.7. The summed E-state index contributed by atoms with van der Waals surface area (Å²) in [4.78, 5) is 18.2. The van der Waals surface area contributed by atoms with Crippen LogP contribution in [0.5, 0.6) is 0 Å². The van der Waals surface area contributed by atoms with Gasteiger partial charge in [-0.3, -0.25) is 9.80 Å². The van der Waals surface area contributed by atoms with E-state index in [2.05, 4.69) is 218 Å². The van der Waals surface area contributed by atoms with E-state index < -0.39 is 0 Å². The van der Waals surface area contributed by atoms with Crippen LogP contribution in [-0.4, -0.2) is 16.7 Å². The van der Waals surface area contributed by atoms with Gasteiger partial charge in [-0.1, -0.05) is 171 Å². The van der Waals surface area contributed by atoms with Crippen LogP contribution in [0.15, 0.2) is 97.1 Å². The van der Waals surface area contributed by atoms with E-state index in [9.17, 15) is 0 Å². The van der Waals surface area contributed by atoms with E-state index in [1.165, 1.54) is 144 Å². The summed E-state index contributed by atoms with van der Waals surface area (Å²) < 4.78 is 2.76. The molecule has 4 nitrogen and oxygen atoms in total. The number of aromatic nitrogens is 2. The molecule has 8 aliphatic carbocycles. The van der Waals surface area contributed by atoms with Crippen molar-refractivity contribution >= 4 is 78.2 Å². The fourth-order valence-corrected chi connectivity index (χ4v) is 19.7. The van der Waals surface area contributed by atoms with Gasteiger partial charge in [0.2, 0.25) is 0 Å². The van der Waals surface area contributed by atoms with E-state index in [-0.39, 0.29) is 44.6 Å². The topological polar surface area (TPSA) is 32.3 Å². The van der Waals surface area contributed by atoms with Crippen LogP contribution in [0.3, 0.4) is 0 Å². The van der Waals surface area contributed by atoms with Crippen LogP contribution in [0.2, 0.25) is 0 Å². The Balaban J connectivity index is 1.06. The molecule has 0 spiro atoms. The molecule has 412 valence electrons. The molecule has 4 heterocycles. The van der Waals surface area contributed by atoms with Gasteiger partial charge < -0.3 is 0 Å². The number of benzene rings is 5. The predicted octanol–water partition coefficient (Wildman–Crippen LogP) is 17.9. The zero-order valence-corrected chi connectivity index (χ0v) is 52.0. The average Bonchev–Trinajstić information content (AvgIpc) is 3.96. The molecule has 0 saturated heterocycles. The zero-order valence-electron chi connectivity index (χ0n) is 51.2. The normalized spacial score (nSPS) is 27.4. The van der Waals surface area contributed by atoms with Crippen molar-refractivity contribution < 1.29 is 0 Å². The third-order valence-corrected chi connectivity index (χ3v) is 24.0. The lowest BCUT2D eigenvalue weighted by atomic mass is 9.33. The van der Waals surface area contributed by atoms with Crippen molar-refractivity contribution in [2.24, 2.45) is 41.4 Å². The van der Waals surface area contributed by atoms with Crippen LogP contribution >= 0.6 is 11.3 Å². The SMILES string of the molecule is CC(C)(C)c1ccc(-c2cc(C(C)(C)C)ccc2N2c3ccc(C(C)(C)C)cc3B3c4sc5cc(C(C)(C)C)ccc5c4N(c4ccc5c(c4)C(C)(C)CCC5(C)C)c4nc(C56CC7C8CC9CC7C(C5)C(C9)C8C6)nc2c43)cc1. The molecule has 7 saturated carbocycles. The van der Waals surface area contributed by atoms with Gasteiger partial charge in [-0.05, 0) is 206 Å². The fourth-order valence-electron chi connectivity index (χ4n) is 18.4. The lowest BCUT2D eigenvalue weighted by molar-refractivity contribution is -0.213. The number of rotatable bonds is 4. The van der Waals surface area contributed by atoms with Gasteiger partial charge in [0.05, 0.1) is 11.4 Å². The van der Waals surface area contributed by atoms with E-state index in [1.54, 1.807) is 0 Å². The molecule has 7 aromatic rings. The van der Waals surface area contributed by atoms with Crippen LogP contribution in [0, 0.1) is 41.4 Å². The molecule has 0 unspecified atom stereocenters. The van der Waals surface area contributed by atoms with Gasteiger partial charge in [-0.2, -0.15) is 0 Å². The maximum absolute atomic E-state index is 6.43. The lowest BCUT2D eigenvalue weighted by Crippen LogP contribution is -2.67. The number of hydrogen-bond donors (Lipinski definition) is 0. The highest BCUT2D eigenvalue weighted by molar-refractivity contribution is 7.33. The van der Waals surface area contributed by atoms with Gasteiger partial charge in [0.1, 0.15) is 17.5 Å². The number of anilines is 6. The first-order valence-corrected chi connectivity index (χ1v) is 32.0. The molecule has 7 fully saturated rings. The molecule has 10 aliphatic rings. The smallest absolute Gasteiger partial charge is 0.268 e. The quantitative estimate of drug-likeness (QED) is 0.164. The Bertz CT molecular complexity index is 3690. The summed E-state index contributed by atoms with van der Waals surface area (Å²) in [6.45, 7) is 38.2. The Hall–Kier alpha value is -5.20. The van der Waals surface area contributed by atoms with E-state index in [4.69, 9.17) is 9.97 Å². The van der Waals surface area contributed by atoms with Crippen LogP contribution in [-0.2, 0) is 37.9 Å².